The molecule has 2 aromatic carbocycles. The summed E-state index contributed by atoms with van der Waals surface area (Å²) in [4.78, 5) is 24.7. The van der Waals surface area contributed by atoms with Gasteiger partial charge in [0.2, 0.25) is 0 Å². The summed E-state index contributed by atoms with van der Waals surface area (Å²) in [6.07, 6.45) is -3.62. The second-order valence-electron chi connectivity index (χ2n) is 7.05. The zero-order chi connectivity index (χ0) is 23.8. The Balaban J connectivity index is 1.46. The van der Waals surface area contributed by atoms with Crippen molar-refractivity contribution in [2.75, 3.05) is 20.3 Å². The van der Waals surface area contributed by atoms with E-state index in [9.17, 15) is 22.8 Å². The van der Waals surface area contributed by atoms with E-state index in [0.29, 0.717) is 29.2 Å². The summed E-state index contributed by atoms with van der Waals surface area (Å²) in [5.74, 6) is 0.0182. The summed E-state index contributed by atoms with van der Waals surface area (Å²) < 4.78 is 48.4. The summed E-state index contributed by atoms with van der Waals surface area (Å²) in [5.41, 5.74) is 0.796. The lowest BCUT2D eigenvalue weighted by atomic mass is 10.0. The monoisotopic (exact) mass is 477 g/mol. The number of nitrogens with one attached hydrogen (secondary N) is 1. The molecular weight excluding hydrogens is 455 g/mol. The molecule has 0 aliphatic heterocycles. The van der Waals surface area contributed by atoms with Crippen molar-refractivity contribution in [2.45, 2.75) is 19.0 Å². The Labute approximate surface area is 193 Å². The Bertz CT molecular complexity index is 1080. The summed E-state index contributed by atoms with van der Waals surface area (Å²) >= 11 is 1.35. The highest BCUT2D eigenvalue weighted by atomic mass is 32.1. The Hall–Kier alpha value is -3.33. The highest BCUT2D eigenvalue weighted by molar-refractivity contribution is 7.14. The van der Waals surface area contributed by atoms with Crippen LogP contribution in [0, 0.1) is 0 Å². The lowest BCUT2D eigenvalue weighted by Gasteiger charge is -2.09. The van der Waals surface area contributed by atoms with Gasteiger partial charge in [0.15, 0.2) is 0 Å². The average molecular weight is 478 g/mol. The van der Waals surface area contributed by atoms with Crippen LogP contribution >= 0.6 is 11.3 Å². The van der Waals surface area contributed by atoms with Crippen molar-refractivity contribution in [1.29, 1.82) is 0 Å². The van der Waals surface area contributed by atoms with Gasteiger partial charge in [-0.3, -0.25) is 9.59 Å². The molecule has 0 saturated carbocycles. The van der Waals surface area contributed by atoms with Crippen molar-refractivity contribution >= 4 is 23.2 Å². The first kappa shape index (κ1) is 24.3. The van der Waals surface area contributed by atoms with Gasteiger partial charge >= 0.3 is 12.1 Å². The van der Waals surface area contributed by atoms with Crippen molar-refractivity contribution in [2.24, 2.45) is 0 Å². The first-order valence-electron chi connectivity index (χ1n) is 10.1. The van der Waals surface area contributed by atoms with Crippen molar-refractivity contribution in [3.8, 4) is 16.9 Å². The van der Waals surface area contributed by atoms with E-state index in [1.165, 1.54) is 30.6 Å². The molecule has 0 bridgehead atoms. The number of rotatable bonds is 9. The lowest BCUT2D eigenvalue weighted by molar-refractivity contribution is -0.140. The normalized spacial score (nSPS) is 11.2. The predicted molar refractivity (Wildman–Crippen MR) is 119 cm³/mol. The van der Waals surface area contributed by atoms with Crippen LogP contribution in [0.15, 0.2) is 60.7 Å². The molecule has 1 aromatic heterocycles. The Kier molecular flexibility index (Phi) is 8.11. The Morgan fingerprint density at radius 1 is 0.939 bits per heavy atom. The molecule has 0 fully saturated rings. The standard InChI is InChI=1S/C24H22F3NO4S/c1-31-22(29)12-14-28-23(30)21-11-10-20(33-21)13-15-32-19-8-4-17(5-9-19)16-2-6-18(7-3-16)24(25,26)27/h2-11H,12-15H2,1H3,(H,28,30). The van der Waals surface area contributed by atoms with Crippen molar-refractivity contribution in [3.05, 3.63) is 76.0 Å². The van der Waals surface area contributed by atoms with E-state index in [0.717, 1.165) is 22.6 Å². The number of hydrogen-bond donors (Lipinski definition) is 1. The number of benzene rings is 2. The van der Waals surface area contributed by atoms with Gasteiger partial charge in [-0.05, 0) is 47.5 Å². The fourth-order valence-electron chi connectivity index (χ4n) is 2.97. The third-order valence-corrected chi connectivity index (χ3v) is 5.89. The molecule has 3 rings (SSSR count). The first-order valence-corrected chi connectivity index (χ1v) is 10.9. The van der Waals surface area contributed by atoms with Gasteiger partial charge < -0.3 is 14.8 Å². The molecule has 3 aromatic rings. The molecule has 9 heteroatoms. The summed E-state index contributed by atoms with van der Waals surface area (Å²) in [5, 5.41) is 2.67. The maximum atomic E-state index is 12.7. The molecule has 33 heavy (non-hydrogen) atoms. The van der Waals surface area contributed by atoms with E-state index in [-0.39, 0.29) is 24.8 Å². The highest BCUT2D eigenvalue weighted by Crippen LogP contribution is 2.31. The zero-order valence-electron chi connectivity index (χ0n) is 17.8. The smallest absolute Gasteiger partial charge is 0.416 e. The minimum Gasteiger partial charge on any atom is -0.493 e. The number of amides is 1. The molecule has 1 amide bonds. The van der Waals surface area contributed by atoms with Gasteiger partial charge in [-0.2, -0.15) is 13.2 Å². The van der Waals surface area contributed by atoms with E-state index >= 15 is 0 Å². The Morgan fingerprint density at radius 3 is 2.18 bits per heavy atom. The van der Waals surface area contributed by atoms with Crippen LogP contribution in [0.4, 0.5) is 13.2 Å². The van der Waals surface area contributed by atoms with Crippen LogP contribution in [0.2, 0.25) is 0 Å². The number of alkyl halides is 3. The van der Waals surface area contributed by atoms with E-state index in [4.69, 9.17) is 4.74 Å². The number of carbonyl (C=O) groups excluding carboxylic acids is 2. The molecular formula is C24H22F3NO4S. The molecule has 0 saturated heterocycles. The molecule has 5 nitrogen and oxygen atoms in total. The molecule has 0 aliphatic carbocycles. The van der Waals surface area contributed by atoms with E-state index in [2.05, 4.69) is 10.1 Å². The van der Waals surface area contributed by atoms with Crippen molar-refractivity contribution in [3.63, 3.8) is 0 Å². The zero-order valence-corrected chi connectivity index (χ0v) is 18.6. The van der Waals surface area contributed by atoms with Gasteiger partial charge in [0.05, 0.1) is 30.6 Å². The number of esters is 1. The first-order chi connectivity index (χ1) is 15.8. The number of methoxy groups -OCH3 is 1. The van der Waals surface area contributed by atoms with Crippen LogP contribution in [0.1, 0.15) is 26.5 Å². The molecule has 0 radical (unpaired) electrons. The molecule has 1 heterocycles. The maximum Gasteiger partial charge on any atom is 0.416 e. The molecule has 0 unspecified atom stereocenters. The third-order valence-electron chi connectivity index (χ3n) is 4.74. The minimum absolute atomic E-state index is 0.117. The minimum atomic E-state index is -4.35. The van der Waals surface area contributed by atoms with Gasteiger partial charge in [-0.1, -0.05) is 24.3 Å². The highest BCUT2D eigenvalue weighted by Gasteiger charge is 2.29. The van der Waals surface area contributed by atoms with Crippen molar-refractivity contribution in [1.82, 2.24) is 5.32 Å². The van der Waals surface area contributed by atoms with Crippen LogP contribution in [-0.2, 0) is 22.1 Å². The predicted octanol–water partition coefficient (Wildman–Crippen LogP) is 5.35. The molecule has 174 valence electrons. The average Bonchev–Trinajstić information content (AvgIpc) is 3.28. The summed E-state index contributed by atoms with van der Waals surface area (Å²) in [6.45, 7) is 0.619. The SMILES string of the molecule is COC(=O)CCNC(=O)c1ccc(CCOc2ccc(-c3ccc(C(F)(F)F)cc3)cc2)s1. The molecule has 0 atom stereocenters. The number of hydrogen-bond acceptors (Lipinski definition) is 5. The fraction of sp³-hybridized carbons (Fsp3) is 0.250. The van der Waals surface area contributed by atoms with Gasteiger partial charge in [0.1, 0.15) is 5.75 Å². The van der Waals surface area contributed by atoms with Crippen LogP contribution in [-0.4, -0.2) is 32.1 Å². The maximum absolute atomic E-state index is 12.7. The van der Waals surface area contributed by atoms with Crippen molar-refractivity contribution < 1.29 is 32.2 Å². The second-order valence-corrected chi connectivity index (χ2v) is 8.21. The summed E-state index contributed by atoms with van der Waals surface area (Å²) in [7, 11) is 1.30. The van der Waals surface area contributed by atoms with Crippen LogP contribution in [0.25, 0.3) is 11.1 Å². The van der Waals surface area contributed by atoms with Gasteiger partial charge in [-0.15, -0.1) is 11.3 Å². The number of halogens is 3. The van der Waals surface area contributed by atoms with Crippen LogP contribution < -0.4 is 10.1 Å². The number of carbonyl (C=O) groups is 2. The molecule has 0 spiro atoms. The molecule has 1 N–H and O–H groups in total. The largest absolute Gasteiger partial charge is 0.493 e. The van der Waals surface area contributed by atoms with E-state index in [1.807, 2.05) is 6.07 Å². The van der Waals surface area contributed by atoms with E-state index < -0.39 is 11.7 Å². The van der Waals surface area contributed by atoms with Gasteiger partial charge in [0.25, 0.3) is 5.91 Å². The quantitative estimate of drug-likeness (QED) is 0.422. The summed E-state index contributed by atoms with van der Waals surface area (Å²) in [6, 6.07) is 15.7. The third kappa shape index (κ3) is 7.08. The number of ether oxygens (including phenoxy) is 2. The lowest BCUT2D eigenvalue weighted by Crippen LogP contribution is -2.25. The second kappa shape index (κ2) is 11.0. The van der Waals surface area contributed by atoms with Crippen LogP contribution in [0.3, 0.4) is 0 Å². The fourth-order valence-corrected chi connectivity index (χ4v) is 3.87. The topological polar surface area (TPSA) is 64.6 Å². The van der Waals surface area contributed by atoms with Gasteiger partial charge in [0, 0.05) is 17.8 Å². The van der Waals surface area contributed by atoms with Gasteiger partial charge in [-0.25, -0.2) is 0 Å². The number of thiophene rings is 1. The Morgan fingerprint density at radius 2 is 1.58 bits per heavy atom. The molecule has 0 aliphatic rings. The van der Waals surface area contributed by atoms with E-state index in [1.54, 1.807) is 30.3 Å². The van der Waals surface area contributed by atoms with Crippen LogP contribution in [0.5, 0.6) is 5.75 Å².